The molecule has 0 aliphatic carbocycles. The van der Waals surface area contributed by atoms with Crippen LogP contribution in [0.15, 0.2) is 28.5 Å². The summed E-state index contributed by atoms with van der Waals surface area (Å²) in [6.45, 7) is 3.54. The number of nitrogens with two attached hydrogens (primary N) is 1. The van der Waals surface area contributed by atoms with Crippen LogP contribution < -0.4 is 10.6 Å². The number of rotatable bonds is 5. The van der Waals surface area contributed by atoms with Crippen molar-refractivity contribution < 1.29 is 9.90 Å². The first-order valence-corrected chi connectivity index (χ1v) is 11.2. The number of aromatic nitrogens is 6. The summed E-state index contributed by atoms with van der Waals surface area (Å²) < 4.78 is 0. The molecular formula is C20H19ClN8O2S. The monoisotopic (exact) mass is 470 g/mol. The number of hydrogen-bond acceptors (Lipinski definition) is 9. The molecular weight excluding hydrogens is 452 g/mol. The minimum atomic E-state index is -1.15. The number of pyridine rings is 1. The first kappa shape index (κ1) is 20.9. The lowest BCUT2D eigenvalue weighted by Gasteiger charge is -2.18. The van der Waals surface area contributed by atoms with Gasteiger partial charge in [-0.15, -0.1) is 0 Å². The maximum Gasteiger partial charge on any atom is 0.356 e. The number of H-pyrrole nitrogens is 1. The lowest BCUT2D eigenvalue weighted by atomic mass is 10.3. The standard InChI is InChI=1S/C20H19ClN8O2S/c1-2-11-15(21)14-17(25-11)27-20(28-18(14)29-4-3-9(22)8-29)32-10-5-12-16(24-6-10)26-13(7-23-12)19(30)31/h5-7,9H,2-4,8,22H2,1H3,(H,30,31)(H,25,27,28)/t9-/m0/s1. The zero-order valence-corrected chi connectivity index (χ0v) is 18.6. The second-order valence-corrected chi connectivity index (χ2v) is 8.91. The van der Waals surface area contributed by atoms with Gasteiger partial charge in [-0.2, -0.15) is 0 Å². The van der Waals surface area contributed by atoms with Gasteiger partial charge in [-0.3, -0.25) is 4.98 Å². The van der Waals surface area contributed by atoms with Gasteiger partial charge in [0, 0.05) is 35.9 Å². The van der Waals surface area contributed by atoms with Crippen LogP contribution in [0.3, 0.4) is 0 Å². The minimum Gasteiger partial charge on any atom is -0.476 e. The van der Waals surface area contributed by atoms with Crippen LogP contribution in [0, 0.1) is 0 Å². The molecule has 0 saturated carbocycles. The van der Waals surface area contributed by atoms with E-state index in [1.54, 1.807) is 12.3 Å². The van der Waals surface area contributed by atoms with Crippen molar-refractivity contribution in [3.63, 3.8) is 0 Å². The van der Waals surface area contributed by atoms with Gasteiger partial charge in [0.2, 0.25) is 0 Å². The first-order valence-electron chi connectivity index (χ1n) is 10.1. The van der Waals surface area contributed by atoms with E-state index in [4.69, 9.17) is 27.4 Å². The number of aryl methyl sites for hydroxylation is 1. The van der Waals surface area contributed by atoms with E-state index in [-0.39, 0.29) is 17.4 Å². The molecule has 4 N–H and O–H groups in total. The Labute approximate surface area is 191 Å². The third-order valence-corrected chi connectivity index (χ3v) is 6.54. The van der Waals surface area contributed by atoms with Crippen LogP contribution in [-0.4, -0.2) is 60.1 Å². The normalized spacial score (nSPS) is 16.3. The second-order valence-electron chi connectivity index (χ2n) is 7.50. The predicted molar refractivity (Wildman–Crippen MR) is 121 cm³/mol. The summed E-state index contributed by atoms with van der Waals surface area (Å²) in [6, 6.07) is 1.88. The number of nitrogens with zero attached hydrogens (tertiary/aromatic N) is 6. The van der Waals surface area contributed by atoms with E-state index >= 15 is 0 Å². The van der Waals surface area contributed by atoms with Gasteiger partial charge in [0.25, 0.3) is 0 Å². The van der Waals surface area contributed by atoms with Crippen LogP contribution in [0.25, 0.3) is 22.2 Å². The van der Waals surface area contributed by atoms with Crippen LogP contribution in [0.1, 0.15) is 29.5 Å². The maximum absolute atomic E-state index is 11.1. The number of anilines is 1. The van der Waals surface area contributed by atoms with Crippen molar-refractivity contribution in [3.05, 3.63) is 34.9 Å². The van der Waals surface area contributed by atoms with Gasteiger partial charge in [-0.05, 0) is 30.7 Å². The lowest BCUT2D eigenvalue weighted by Crippen LogP contribution is -2.27. The van der Waals surface area contributed by atoms with Crippen molar-refractivity contribution in [3.8, 4) is 0 Å². The average molecular weight is 471 g/mol. The summed E-state index contributed by atoms with van der Waals surface area (Å²) in [5.41, 5.74) is 8.33. The SMILES string of the molecule is CCc1[nH]c2nc(Sc3cnc4nc(C(=O)O)cnc4c3)nc(N3CC[C@H](N)C3)c2c1Cl. The number of carboxylic acids is 1. The zero-order chi connectivity index (χ0) is 22.4. The van der Waals surface area contributed by atoms with E-state index < -0.39 is 5.97 Å². The molecule has 1 aliphatic rings. The molecule has 1 saturated heterocycles. The number of fused-ring (bicyclic) bond motifs is 2. The number of aromatic amines is 1. The van der Waals surface area contributed by atoms with Crippen molar-refractivity contribution in [1.29, 1.82) is 0 Å². The van der Waals surface area contributed by atoms with Crippen molar-refractivity contribution in [2.24, 2.45) is 5.73 Å². The Balaban J connectivity index is 1.55. The van der Waals surface area contributed by atoms with Crippen LogP contribution in [0.4, 0.5) is 5.82 Å². The molecule has 0 radical (unpaired) electrons. The Kier molecular flexibility index (Phi) is 5.31. The van der Waals surface area contributed by atoms with Crippen LogP contribution in [0.2, 0.25) is 5.02 Å². The molecule has 12 heteroatoms. The molecule has 5 heterocycles. The minimum absolute atomic E-state index is 0.0958. The van der Waals surface area contributed by atoms with Gasteiger partial charge in [0.05, 0.1) is 16.6 Å². The molecule has 10 nitrogen and oxygen atoms in total. The summed E-state index contributed by atoms with van der Waals surface area (Å²) in [4.78, 5) is 39.2. The van der Waals surface area contributed by atoms with Gasteiger partial charge in [-0.25, -0.2) is 24.7 Å². The number of halogens is 1. The highest BCUT2D eigenvalue weighted by Gasteiger charge is 2.26. The third kappa shape index (κ3) is 3.72. The number of hydrogen-bond donors (Lipinski definition) is 3. The van der Waals surface area contributed by atoms with Crippen LogP contribution >= 0.6 is 23.4 Å². The van der Waals surface area contributed by atoms with E-state index in [9.17, 15) is 4.79 Å². The highest BCUT2D eigenvalue weighted by molar-refractivity contribution is 7.99. The average Bonchev–Trinajstić information content (AvgIpc) is 3.35. The van der Waals surface area contributed by atoms with Crippen molar-refractivity contribution in [1.82, 2.24) is 29.9 Å². The van der Waals surface area contributed by atoms with E-state index in [1.165, 1.54) is 18.0 Å². The molecule has 0 unspecified atom stereocenters. The van der Waals surface area contributed by atoms with Crippen molar-refractivity contribution in [2.75, 3.05) is 18.0 Å². The Hall–Kier alpha value is -3.02. The maximum atomic E-state index is 11.1. The topological polar surface area (TPSA) is 147 Å². The van der Waals surface area contributed by atoms with Gasteiger partial charge in [0.15, 0.2) is 16.5 Å². The molecule has 0 bridgehead atoms. The molecule has 4 aromatic heterocycles. The highest BCUT2D eigenvalue weighted by atomic mass is 35.5. The van der Waals surface area contributed by atoms with E-state index in [0.29, 0.717) is 27.9 Å². The van der Waals surface area contributed by atoms with Crippen molar-refractivity contribution >= 4 is 57.3 Å². The number of carbonyl (C=O) groups is 1. The molecule has 0 amide bonds. The third-order valence-electron chi connectivity index (χ3n) is 5.30. The summed E-state index contributed by atoms with van der Waals surface area (Å²) in [6.07, 6.45) is 4.46. The fourth-order valence-corrected chi connectivity index (χ4v) is 4.83. The van der Waals surface area contributed by atoms with E-state index in [2.05, 4.69) is 29.8 Å². The summed E-state index contributed by atoms with van der Waals surface area (Å²) >= 11 is 7.98. The van der Waals surface area contributed by atoms with Gasteiger partial charge in [0.1, 0.15) is 17.0 Å². The Morgan fingerprint density at radius 3 is 2.91 bits per heavy atom. The highest BCUT2D eigenvalue weighted by Crippen LogP contribution is 2.37. The Bertz CT molecular complexity index is 1360. The molecule has 164 valence electrons. The Morgan fingerprint density at radius 1 is 1.34 bits per heavy atom. The quantitative estimate of drug-likeness (QED) is 0.372. The fourth-order valence-electron chi connectivity index (χ4n) is 3.71. The van der Waals surface area contributed by atoms with E-state index in [0.717, 1.165) is 41.2 Å². The molecule has 32 heavy (non-hydrogen) atoms. The van der Waals surface area contributed by atoms with Crippen LogP contribution in [-0.2, 0) is 6.42 Å². The van der Waals surface area contributed by atoms with Gasteiger partial charge >= 0.3 is 5.97 Å². The van der Waals surface area contributed by atoms with Gasteiger partial charge in [-0.1, -0.05) is 18.5 Å². The number of nitrogens with one attached hydrogen (secondary N) is 1. The second kappa shape index (κ2) is 8.15. The molecule has 1 fully saturated rings. The molecule has 5 rings (SSSR count). The smallest absolute Gasteiger partial charge is 0.356 e. The number of carboxylic acid groups (broad SMARTS) is 1. The lowest BCUT2D eigenvalue weighted by molar-refractivity contribution is 0.0690. The largest absolute Gasteiger partial charge is 0.476 e. The molecule has 0 aromatic carbocycles. The molecule has 0 spiro atoms. The zero-order valence-electron chi connectivity index (χ0n) is 17.0. The van der Waals surface area contributed by atoms with Crippen LogP contribution in [0.5, 0.6) is 0 Å². The molecule has 4 aromatic rings. The first-order chi connectivity index (χ1) is 15.4. The summed E-state index contributed by atoms with van der Waals surface area (Å²) in [5.74, 6) is -0.377. The van der Waals surface area contributed by atoms with Crippen molar-refractivity contribution in [2.45, 2.75) is 35.9 Å². The summed E-state index contributed by atoms with van der Waals surface area (Å²) in [5, 5.41) is 11.1. The molecule has 1 aliphatic heterocycles. The fraction of sp³-hybridized carbons (Fsp3) is 0.300. The predicted octanol–water partition coefficient (Wildman–Crippen LogP) is 2.90. The molecule has 1 atom stereocenters. The number of aromatic carboxylic acids is 1. The van der Waals surface area contributed by atoms with E-state index in [1.807, 2.05) is 6.92 Å². The van der Waals surface area contributed by atoms with Gasteiger partial charge < -0.3 is 20.7 Å². The Morgan fingerprint density at radius 2 is 2.19 bits per heavy atom. The summed E-state index contributed by atoms with van der Waals surface area (Å²) in [7, 11) is 0.